The molecule has 10 heteroatoms. The molecule has 2 heterocycles. The molecular weight excluding hydrogens is 438 g/mol. The van der Waals surface area contributed by atoms with Gasteiger partial charge in [0, 0.05) is 0 Å². The zero-order valence-electron chi connectivity index (χ0n) is 22.6. The Kier molecular flexibility index (Phi) is 7.35. The van der Waals surface area contributed by atoms with Gasteiger partial charge in [-0.2, -0.15) is 0 Å². The average molecular weight is 480 g/mol. The van der Waals surface area contributed by atoms with E-state index in [0.29, 0.717) is 25.5 Å². The molecule has 34 heavy (non-hydrogen) atoms. The Labute approximate surface area is 205 Å². The Balaban J connectivity index is 1.79. The van der Waals surface area contributed by atoms with Gasteiger partial charge in [0.15, 0.2) is 5.41 Å². The molecule has 3 aliphatic rings. The number of esters is 2. The highest BCUT2D eigenvalue weighted by molar-refractivity contribution is 6.46. The van der Waals surface area contributed by atoms with Crippen molar-refractivity contribution in [1.82, 2.24) is 0 Å². The van der Waals surface area contributed by atoms with Crippen LogP contribution < -0.4 is 0 Å². The highest BCUT2D eigenvalue weighted by Crippen LogP contribution is 2.53. The molecule has 3 fully saturated rings. The molecule has 0 unspecified atom stereocenters. The molecule has 0 aromatic rings. The molecule has 1 saturated carbocycles. The smallest absolute Gasteiger partial charge is 0.458 e. The summed E-state index contributed by atoms with van der Waals surface area (Å²) in [6.07, 6.45) is 2.67. The highest BCUT2D eigenvalue weighted by Gasteiger charge is 2.60. The molecular formula is C24H42B2O8. The van der Waals surface area contributed by atoms with Crippen LogP contribution in [0, 0.1) is 17.3 Å². The van der Waals surface area contributed by atoms with Crippen molar-refractivity contribution in [2.24, 2.45) is 17.3 Å². The third-order valence-electron chi connectivity index (χ3n) is 8.91. The molecule has 0 aromatic carbocycles. The fourth-order valence-corrected chi connectivity index (χ4v) is 5.47. The van der Waals surface area contributed by atoms with Crippen LogP contribution in [0.1, 0.15) is 74.7 Å². The van der Waals surface area contributed by atoms with E-state index in [1.165, 1.54) is 14.2 Å². The van der Waals surface area contributed by atoms with E-state index in [2.05, 4.69) is 0 Å². The van der Waals surface area contributed by atoms with Gasteiger partial charge >= 0.3 is 26.2 Å². The second-order valence-electron chi connectivity index (χ2n) is 12.2. The van der Waals surface area contributed by atoms with Gasteiger partial charge in [0.1, 0.15) is 0 Å². The summed E-state index contributed by atoms with van der Waals surface area (Å²) in [7, 11) is 1.87. The van der Waals surface area contributed by atoms with E-state index in [4.69, 9.17) is 28.1 Å². The maximum absolute atomic E-state index is 12.9. The molecule has 0 spiro atoms. The number of methoxy groups -OCH3 is 2. The van der Waals surface area contributed by atoms with Gasteiger partial charge in [-0.25, -0.2) is 0 Å². The lowest BCUT2D eigenvalue weighted by Gasteiger charge is -2.32. The first-order valence-electron chi connectivity index (χ1n) is 12.4. The molecule has 0 aromatic heterocycles. The summed E-state index contributed by atoms with van der Waals surface area (Å²) in [6, 6.07) is 0. The van der Waals surface area contributed by atoms with E-state index < -0.39 is 46.9 Å². The van der Waals surface area contributed by atoms with Crippen molar-refractivity contribution in [1.29, 1.82) is 0 Å². The topological polar surface area (TPSA) is 89.5 Å². The van der Waals surface area contributed by atoms with Crippen molar-refractivity contribution in [2.45, 2.75) is 110 Å². The van der Waals surface area contributed by atoms with Crippen LogP contribution >= 0.6 is 0 Å². The Morgan fingerprint density at radius 3 is 1.50 bits per heavy atom. The van der Waals surface area contributed by atoms with Crippen LogP contribution in [0.15, 0.2) is 0 Å². The lowest BCUT2D eigenvalue weighted by molar-refractivity contribution is -0.169. The molecule has 1 aliphatic carbocycles. The van der Waals surface area contributed by atoms with E-state index in [9.17, 15) is 9.59 Å². The molecule has 192 valence electrons. The first-order valence-corrected chi connectivity index (χ1v) is 12.4. The first kappa shape index (κ1) is 27.5. The van der Waals surface area contributed by atoms with E-state index in [-0.39, 0.29) is 19.0 Å². The minimum absolute atomic E-state index is 0.00956. The lowest BCUT2D eigenvalue weighted by atomic mass is 9.70. The maximum Gasteiger partial charge on any atom is 0.458 e. The average Bonchev–Trinajstić information content (AvgIpc) is 3.25. The molecule has 2 saturated heterocycles. The van der Waals surface area contributed by atoms with Gasteiger partial charge in [0.25, 0.3) is 0 Å². The summed E-state index contributed by atoms with van der Waals surface area (Å²) >= 11 is 0. The molecule has 2 atom stereocenters. The van der Waals surface area contributed by atoms with Gasteiger partial charge in [0.2, 0.25) is 0 Å². The number of hydrogen-bond donors (Lipinski definition) is 0. The number of hydrogen-bond acceptors (Lipinski definition) is 8. The number of ether oxygens (including phenoxy) is 2. The van der Waals surface area contributed by atoms with Crippen LogP contribution in [0.3, 0.4) is 0 Å². The Hall–Kier alpha value is -1.09. The van der Waals surface area contributed by atoms with Crippen molar-refractivity contribution in [3.05, 3.63) is 0 Å². The molecule has 8 nitrogen and oxygen atoms in total. The third-order valence-corrected chi connectivity index (χ3v) is 8.91. The summed E-state index contributed by atoms with van der Waals surface area (Å²) in [5, 5.41) is 0. The minimum Gasteiger partial charge on any atom is -0.468 e. The van der Waals surface area contributed by atoms with E-state index >= 15 is 0 Å². The van der Waals surface area contributed by atoms with Crippen molar-refractivity contribution in [3.8, 4) is 0 Å². The SMILES string of the molecule is COC(=O)C1(C(=O)OC)C[C@H](CCB2OC(C)(C)C(C)(C)O2)[C@@H](CB2OC(C)(C)C(C)(C)O2)C1. The standard InChI is InChI=1S/C24H42B2O8/c1-20(2)21(3,4)32-25(31-20)12-11-16-13-24(18(27)29-9,19(28)30-10)14-17(16)15-26-33-22(5,6)23(7,8)34-26/h16-17H,11-15H2,1-10H3/t16-,17+/m0/s1. The Morgan fingerprint density at radius 1 is 0.706 bits per heavy atom. The molecule has 2 aliphatic heterocycles. The monoisotopic (exact) mass is 480 g/mol. The quantitative estimate of drug-likeness (QED) is 0.308. The summed E-state index contributed by atoms with van der Waals surface area (Å²) in [5.74, 6) is -1.03. The predicted molar refractivity (Wildman–Crippen MR) is 129 cm³/mol. The molecule has 0 N–H and O–H groups in total. The zero-order chi connectivity index (χ0) is 25.7. The van der Waals surface area contributed by atoms with Crippen LogP contribution in [-0.2, 0) is 37.7 Å². The van der Waals surface area contributed by atoms with Crippen molar-refractivity contribution in [2.75, 3.05) is 14.2 Å². The van der Waals surface area contributed by atoms with Gasteiger partial charge in [-0.3, -0.25) is 9.59 Å². The molecule has 0 bridgehead atoms. The largest absolute Gasteiger partial charge is 0.468 e. The van der Waals surface area contributed by atoms with Gasteiger partial charge < -0.3 is 28.1 Å². The maximum atomic E-state index is 12.9. The predicted octanol–water partition coefficient (Wildman–Crippen LogP) is 3.92. The molecule has 0 radical (unpaired) electrons. The number of carbonyl (C=O) groups is 2. The van der Waals surface area contributed by atoms with Crippen LogP contribution in [0.5, 0.6) is 0 Å². The van der Waals surface area contributed by atoms with Gasteiger partial charge in [-0.15, -0.1) is 0 Å². The fraction of sp³-hybridized carbons (Fsp3) is 0.917. The zero-order valence-corrected chi connectivity index (χ0v) is 22.6. The number of rotatable bonds is 7. The Bertz CT molecular complexity index is 746. The van der Waals surface area contributed by atoms with Crippen molar-refractivity contribution >= 4 is 26.2 Å². The lowest BCUT2D eigenvalue weighted by Crippen LogP contribution is -2.41. The Morgan fingerprint density at radius 2 is 1.09 bits per heavy atom. The third kappa shape index (κ3) is 4.80. The van der Waals surface area contributed by atoms with Crippen LogP contribution in [0.4, 0.5) is 0 Å². The minimum atomic E-state index is -1.32. The second-order valence-corrected chi connectivity index (χ2v) is 12.2. The van der Waals surface area contributed by atoms with Crippen LogP contribution in [0.25, 0.3) is 0 Å². The fourth-order valence-electron chi connectivity index (χ4n) is 5.47. The molecule has 3 rings (SSSR count). The summed E-state index contributed by atoms with van der Waals surface area (Å²) in [5.41, 5.74) is -3.03. The van der Waals surface area contributed by atoms with E-state index in [0.717, 1.165) is 6.42 Å². The van der Waals surface area contributed by atoms with Gasteiger partial charge in [-0.05, 0) is 92.7 Å². The normalized spacial score (nSPS) is 30.4. The van der Waals surface area contributed by atoms with E-state index in [1.54, 1.807) is 0 Å². The van der Waals surface area contributed by atoms with E-state index in [1.807, 2.05) is 55.4 Å². The summed E-state index contributed by atoms with van der Waals surface area (Å²) in [6.45, 7) is 16.2. The first-order chi connectivity index (χ1) is 15.5. The van der Waals surface area contributed by atoms with Crippen LogP contribution in [0.2, 0.25) is 12.6 Å². The van der Waals surface area contributed by atoms with Crippen molar-refractivity contribution in [3.63, 3.8) is 0 Å². The van der Waals surface area contributed by atoms with Gasteiger partial charge in [0.05, 0.1) is 36.6 Å². The van der Waals surface area contributed by atoms with Crippen molar-refractivity contribution < 1.29 is 37.7 Å². The highest BCUT2D eigenvalue weighted by atomic mass is 16.7. The second kappa shape index (κ2) is 9.09. The summed E-state index contributed by atoms with van der Waals surface area (Å²) < 4.78 is 35.0. The van der Waals surface area contributed by atoms with Crippen LogP contribution in [-0.4, -0.2) is 62.8 Å². The molecule has 0 amide bonds. The van der Waals surface area contributed by atoms with Gasteiger partial charge in [-0.1, -0.05) is 6.42 Å². The number of carbonyl (C=O) groups excluding carboxylic acids is 2. The summed E-state index contributed by atoms with van der Waals surface area (Å²) in [4.78, 5) is 25.7.